The summed E-state index contributed by atoms with van der Waals surface area (Å²) in [5.41, 5.74) is 0.269. The van der Waals surface area contributed by atoms with Gasteiger partial charge < -0.3 is 15.2 Å². The fraction of sp³-hybridized carbons (Fsp3) is 0.438. The lowest BCUT2D eigenvalue weighted by molar-refractivity contribution is -0.274. The highest BCUT2D eigenvalue weighted by atomic mass is 19.4. The van der Waals surface area contributed by atoms with Crippen LogP contribution in [0.3, 0.4) is 0 Å². The number of hydrogen-bond acceptors (Lipinski definition) is 3. The summed E-state index contributed by atoms with van der Waals surface area (Å²) in [6, 6.07) is 4.29. The fourth-order valence-corrected chi connectivity index (χ4v) is 2.06. The minimum Gasteiger partial charge on any atom is -0.480 e. The van der Waals surface area contributed by atoms with Gasteiger partial charge in [0.15, 0.2) is 0 Å². The van der Waals surface area contributed by atoms with E-state index in [0.717, 1.165) is 31.4 Å². The van der Waals surface area contributed by atoms with E-state index in [4.69, 9.17) is 0 Å². The van der Waals surface area contributed by atoms with Crippen molar-refractivity contribution in [3.05, 3.63) is 36.9 Å². The topological polar surface area (TPSA) is 58.6 Å². The van der Waals surface area contributed by atoms with Crippen molar-refractivity contribution in [2.24, 2.45) is 0 Å². The van der Waals surface area contributed by atoms with Gasteiger partial charge in [-0.15, -0.1) is 19.8 Å². The smallest absolute Gasteiger partial charge is 0.480 e. The Balaban J connectivity index is 2.60. The van der Waals surface area contributed by atoms with Crippen LogP contribution in [-0.4, -0.2) is 23.5 Å². The maximum Gasteiger partial charge on any atom is 0.573 e. The number of halogens is 3. The number of carboxylic acids is 1. The van der Waals surface area contributed by atoms with E-state index in [1.165, 1.54) is 12.1 Å². The van der Waals surface area contributed by atoms with Crippen molar-refractivity contribution >= 4 is 11.7 Å². The number of rotatable bonds is 10. The minimum absolute atomic E-state index is 0.269. The quantitative estimate of drug-likeness (QED) is 0.486. The lowest BCUT2D eigenvalue weighted by Gasteiger charge is -2.17. The molecule has 7 heteroatoms. The summed E-state index contributed by atoms with van der Waals surface area (Å²) in [7, 11) is 0. The van der Waals surface area contributed by atoms with Crippen LogP contribution in [0.25, 0.3) is 0 Å². The summed E-state index contributed by atoms with van der Waals surface area (Å²) in [6.45, 7) is 3.61. The normalized spacial score (nSPS) is 12.5. The standard InChI is InChI=1S/C16H20F3NO3/c1-2-3-4-5-6-10-14(15(21)22)20-12-8-7-9-13(11-12)23-16(17,18)19/h2,7-9,11,14,20H,1,3-6,10H2,(H,21,22). The van der Waals surface area contributed by atoms with Gasteiger partial charge in [-0.25, -0.2) is 4.79 Å². The van der Waals surface area contributed by atoms with Crippen LogP contribution in [0.2, 0.25) is 0 Å². The molecule has 2 N–H and O–H groups in total. The summed E-state index contributed by atoms with van der Waals surface area (Å²) < 4.78 is 40.4. The van der Waals surface area contributed by atoms with Gasteiger partial charge in [0, 0.05) is 11.8 Å². The van der Waals surface area contributed by atoms with Crippen LogP contribution in [0, 0.1) is 0 Å². The Morgan fingerprint density at radius 2 is 2.09 bits per heavy atom. The highest BCUT2D eigenvalue weighted by Crippen LogP contribution is 2.25. The molecule has 0 aliphatic carbocycles. The van der Waals surface area contributed by atoms with Gasteiger partial charge in [-0.2, -0.15) is 0 Å². The number of aliphatic carboxylic acids is 1. The molecule has 1 unspecified atom stereocenters. The molecule has 4 nitrogen and oxygen atoms in total. The third-order valence-corrected chi connectivity index (χ3v) is 3.11. The Kier molecular flexibility index (Phi) is 7.44. The molecule has 1 rings (SSSR count). The summed E-state index contributed by atoms with van der Waals surface area (Å²) in [5, 5.41) is 11.9. The summed E-state index contributed by atoms with van der Waals surface area (Å²) in [4.78, 5) is 11.2. The molecule has 0 saturated heterocycles. The predicted molar refractivity (Wildman–Crippen MR) is 81.5 cm³/mol. The average Bonchev–Trinajstić information content (AvgIpc) is 2.44. The number of carbonyl (C=O) groups is 1. The van der Waals surface area contributed by atoms with Crippen LogP contribution in [0.5, 0.6) is 5.75 Å². The number of carboxylic acid groups (broad SMARTS) is 1. The van der Waals surface area contributed by atoms with Crippen LogP contribution in [0.1, 0.15) is 32.1 Å². The third-order valence-electron chi connectivity index (χ3n) is 3.11. The Hall–Kier alpha value is -2.18. The lowest BCUT2D eigenvalue weighted by Crippen LogP contribution is -2.29. The van der Waals surface area contributed by atoms with Gasteiger partial charge >= 0.3 is 12.3 Å². The number of unbranched alkanes of at least 4 members (excludes halogenated alkanes) is 3. The second kappa shape index (κ2) is 9.07. The molecule has 0 amide bonds. The summed E-state index contributed by atoms with van der Waals surface area (Å²) in [6.07, 6.45) is 0.796. The van der Waals surface area contributed by atoms with Gasteiger partial charge in [0.25, 0.3) is 0 Å². The molecule has 0 aliphatic rings. The molecule has 0 aromatic heterocycles. The monoisotopic (exact) mass is 331 g/mol. The Bertz CT molecular complexity index is 518. The number of benzene rings is 1. The number of hydrogen-bond donors (Lipinski definition) is 2. The van der Waals surface area contributed by atoms with Gasteiger partial charge in [-0.05, 0) is 31.4 Å². The van der Waals surface area contributed by atoms with E-state index < -0.39 is 24.1 Å². The van der Waals surface area contributed by atoms with Crippen molar-refractivity contribution < 1.29 is 27.8 Å². The summed E-state index contributed by atoms with van der Waals surface area (Å²) >= 11 is 0. The molecule has 0 spiro atoms. The lowest BCUT2D eigenvalue weighted by atomic mass is 10.1. The molecule has 1 aromatic rings. The van der Waals surface area contributed by atoms with E-state index in [-0.39, 0.29) is 5.69 Å². The van der Waals surface area contributed by atoms with Gasteiger partial charge in [-0.1, -0.05) is 25.0 Å². The molecular formula is C16H20F3NO3. The Labute approximate surface area is 133 Å². The first-order chi connectivity index (χ1) is 10.8. The van der Waals surface area contributed by atoms with E-state index in [1.807, 2.05) is 0 Å². The molecule has 23 heavy (non-hydrogen) atoms. The molecule has 0 fully saturated rings. The molecule has 1 aromatic carbocycles. The predicted octanol–water partition coefficient (Wildman–Crippen LogP) is 4.59. The Morgan fingerprint density at radius 1 is 1.35 bits per heavy atom. The molecular weight excluding hydrogens is 311 g/mol. The zero-order valence-corrected chi connectivity index (χ0v) is 12.6. The van der Waals surface area contributed by atoms with Crippen molar-refractivity contribution in [1.29, 1.82) is 0 Å². The van der Waals surface area contributed by atoms with Crippen molar-refractivity contribution in [2.75, 3.05) is 5.32 Å². The van der Waals surface area contributed by atoms with E-state index in [9.17, 15) is 23.1 Å². The first kappa shape index (κ1) is 18.9. The minimum atomic E-state index is -4.78. The van der Waals surface area contributed by atoms with E-state index >= 15 is 0 Å². The fourth-order valence-electron chi connectivity index (χ4n) is 2.06. The second-order valence-electron chi connectivity index (χ2n) is 5.04. The van der Waals surface area contributed by atoms with Crippen LogP contribution >= 0.6 is 0 Å². The van der Waals surface area contributed by atoms with Crippen LogP contribution in [0.15, 0.2) is 36.9 Å². The van der Waals surface area contributed by atoms with E-state index in [0.29, 0.717) is 12.8 Å². The highest BCUT2D eigenvalue weighted by molar-refractivity contribution is 5.77. The maximum absolute atomic E-state index is 12.2. The van der Waals surface area contributed by atoms with Crippen molar-refractivity contribution in [2.45, 2.75) is 44.5 Å². The third kappa shape index (κ3) is 8.13. The molecule has 128 valence electrons. The largest absolute Gasteiger partial charge is 0.573 e. The van der Waals surface area contributed by atoms with E-state index in [1.54, 1.807) is 6.08 Å². The SMILES string of the molecule is C=CCCCCCC(Nc1cccc(OC(F)(F)F)c1)C(=O)O. The van der Waals surface area contributed by atoms with Crippen molar-refractivity contribution in [3.8, 4) is 5.75 Å². The zero-order valence-electron chi connectivity index (χ0n) is 12.6. The zero-order chi connectivity index (χ0) is 17.3. The molecule has 0 radical (unpaired) electrons. The van der Waals surface area contributed by atoms with Crippen LogP contribution < -0.4 is 10.1 Å². The molecule has 0 heterocycles. The summed E-state index contributed by atoms with van der Waals surface area (Å²) in [5.74, 6) is -1.44. The number of alkyl halides is 3. The number of ether oxygens (including phenoxy) is 1. The molecule has 0 bridgehead atoms. The second-order valence-corrected chi connectivity index (χ2v) is 5.04. The number of anilines is 1. The first-order valence-corrected chi connectivity index (χ1v) is 7.28. The first-order valence-electron chi connectivity index (χ1n) is 7.28. The van der Waals surface area contributed by atoms with Crippen LogP contribution in [-0.2, 0) is 4.79 Å². The maximum atomic E-state index is 12.2. The number of allylic oxidation sites excluding steroid dienone is 1. The molecule has 0 aliphatic heterocycles. The van der Waals surface area contributed by atoms with Gasteiger partial charge in [0.2, 0.25) is 0 Å². The van der Waals surface area contributed by atoms with E-state index in [2.05, 4.69) is 16.6 Å². The van der Waals surface area contributed by atoms with Crippen LogP contribution in [0.4, 0.5) is 18.9 Å². The number of nitrogens with one attached hydrogen (secondary N) is 1. The average molecular weight is 331 g/mol. The van der Waals surface area contributed by atoms with Gasteiger partial charge in [0.05, 0.1) is 0 Å². The highest BCUT2D eigenvalue weighted by Gasteiger charge is 2.31. The molecule has 1 atom stereocenters. The van der Waals surface area contributed by atoms with Gasteiger partial charge in [-0.3, -0.25) is 0 Å². The van der Waals surface area contributed by atoms with Gasteiger partial charge in [0.1, 0.15) is 11.8 Å². The van der Waals surface area contributed by atoms with Crippen molar-refractivity contribution in [3.63, 3.8) is 0 Å². The Morgan fingerprint density at radius 3 is 2.70 bits per heavy atom. The van der Waals surface area contributed by atoms with Crippen molar-refractivity contribution in [1.82, 2.24) is 0 Å². The molecule has 0 saturated carbocycles.